The third kappa shape index (κ3) is 1.71. The van der Waals surface area contributed by atoms with Crippen molar-refractivity contribution in [3.8, 4) is 5.69 Å². The summed E-state index contributed by atoms with van der Waals surface area (Å²) in [6.07, 6.45) is 3.47. The highest BCUT2D eigenvalue weighted by Gasteiger charge is 2.14. The molecule has 0 bridgehead atoms. The molecule has 5 heteroatoms. The summed E-state index contributed by atoms with van der Waals surface area (Å²) in [6, 6.07) is 7.36. The topological polar surface area (TPSA) is 48.1 Å². The van der Waals surface area contributed by atoms with Crippen LogP contribution in [-0.2, 0) is 0 Å². The molecule has 1 heterocycles. The minimum atomic E-state index is -0.823. The van der Waals surface area contributed by atoms with E-state index in [2.05, 4.69) is 0 Å². The average molecular weight is 206 g/mol. The Hall–Kier alpha value is -2.17. The lowest BCUT2D eigenvalue weighted by Gasteiger charge is -2.02. The Balaban J connectivity index is 2.52. The van der Waals surface area contributed by atoms with Gasteiger partial charge in [0.05, 0.1) is 10.6 Å². The lowest BCUT2D eigenvalue weighted by atomic mass is 10.2. The maximum Gasteiger partial charge on any atom is 0.306 e. The first kappa shape index (κ1) is 9.39. The van der Waals surface area contributed by atoms with Crippen LogP contribution in [0.5, 0.6) is 0 Å². The first-order chi connectivity index (χ1) is 7.18. The van der Waals surface area contributed by atoms with E-state index in [9.17, 15) is 14.5 Å². The summed E-state index contributed by atoms with van der Waals surface area (Å²) in [5.41, 5.74) is 0.0503. The number of hydrogen-bond acceptors (Lipinski definition) is 2. The van der Waals surface area contributed by atoms with Gasteiger partial charge in [0.1, 0.15) is 0 Å². The summed E-state index contributed by atoms with van der Waals surface area (Å²) in [5, 5.41) is 10.5. The van der Waals surface area contributed by atoms with Crippen molar-refractivity contribution in [3.05, 3.63) is 58.7 Å². The molecule has 0 aliphatic carbocycles. The molecular weight excluding hydrogens is 199 g/mol. The van der Waals surface area contributed by atoms with Gasteiger partial charge in [-0.05, 0) is 24.3 Å². The third-order valence-corrected chi connectivity index (χ3v) is 2.03. The molecule has 15 heavy (non-hydrogen) atoms. The lowest BCUT2D eigenvalue weighted by Crippen LogP contribution is -1.96. The van der Waals surface area contributed by atoms with Gasteiger partial charge in [-0.3, -0.25) is 10.1 Å². The molecule has 0 spiro atoms. The molecule has 1 aromatic heterocycles. The molecule has 1 aromatic carbocycles. The first-order valence-corrected chi connectivity index (χ1v) is 4.26. The SMILES string of the molecule is O=[N+]([O-])c1cc(-n2cccc2)ccc1F. The minimum absolute atomic E-state index is 0.513. The molecule has 0 unspecified atom stereocenters. The maximum atomic E-state index is 13.0. The summed E-state index contributed by atoms with van der Waals surface area (Å²) in [7, 11) is 0. The van der Waals surface area contributed by atoms with Crippen molar-refractivity contribution in [1.82, 2.24) is 4.57 Å². The fraction of sp³-hybridized carbons (Fsp3) is 0. The van der Waals surface area contributed by atoms with E-state index in [0.717, 1.165) is 6.07 Å². The Kier molecular flexibility index (Phi) is 2.21. The van der Waals surface area contributed by atoms with Crippen molar-refractivity contribution in [3.63, 3.8) is 0 Å². The van der Waals surface area contributed by atoms with Gasteiger partial charge in [0.2, 0.25) is 5.82 Å². The van der Waals surface area contributed by atoms with E-state index in [1.54, 1.807) is 29.1 Å². The van der Waals surface area contributed by atoms with Gasteiger partial charge in [-0.1, -0.05) is 0 Å². The Labute approximate surface area is 84.7 Å². The second-order valence-electron chi connectivity index (χ2n) is 2.98. The molecule has 0 atom stereocenters. The minimum Gasteiger partial charge on any atom is -0.324 e. The van der Waals surface area contributed by atoms with E-state index < -0.39 is 16.4 Å². The van der Waals surface area contributed by atoms with E-state index in [1.165, 1.54) is 12.1 Å². The zero-order valence-corrected chi connectivity index (χ0v) is 7.63. The highest BCUT2D eigenvalue weighted by Crippen LogP contribution is 2.20. The number of nitro groups is 1. The van der Waals surface area contributed by atoms with Crippen LogP contribution >= 0.6 is 0 Å². The number of hydrogen-bond donors (Lipinski definition) is 0. The summed E-state index contributed by atoms with van der Waals surface area (Å²) in [4.78, 5) is 9.77. The molecule has 0 saturated carbocycles. The van der Waals surface area contributed by atoms with Crippen LogP contribution in [0.1, 0.15) is 0 Å². The number of nitrogens with zero attached hydrogens (tertiary/aromatic N) is 2. The first-order valence-electron chi connectivity index (χ1n) is 4.26. The molecule has 2 aromatic rings. The van der Waals surface area contributed by atoms with Crippen LogP contribution in [-0.4, -0.2) is 9.49 Å². The monoisotopic (exact) mass is 206 g/mol. The molecule has 0 aliphatic heterocycles. The normalized spacial score (nSPS) is 10.2. The molecule has 0 amide bonds. The van der Waals surface area contributed by atoms with Gasteiger partial charge >= 0.3 is 5.69 Å². The van der Waals surface area contributed by atoms with Crippen molar-refractivity contribution in [1.29, 1.82) is 0 Å². The third-order valence-electron chi connectivity index (χ3n) is 2.03. The van der Waals surface area contributed by atoms with Gasteiger partial charge in [-0.2, -0.15) is 4.39 Å². The van der Waals surface area contributed by atoms with Gasteiger partial charge in [-0.15, -0.1) is 0 Å². The Morgan fingerprint density at radius 2 is 1.93 bits per heavy atom. The van der Waals surface area contributed by atoms with Gasteiger partial charge in [0, 0.05) is 18.5 Å². The number of halogens is 1. The van der Waals surface area contributed by atoms with Crippen LogP contribution in [0.2, 0.25) is 0 Å². The van der Waals surface area contributed by atoms with Crippen molar-refractivity contribution >= 4 is 5.69 Å². The highest BCUT2D eigenvalue weighted by atomic mass is 19.1. The predicted molar refractivity (Wildman–Crippen MR) is 52.4 cm³/mol. The van der Waals surface area contributed by atoms with Crippen LogP contribution in [0, 0.1) is 15.9 Å². The zero-order valence-electron chi connectivity index (χ0n) is 7.63. The molecule has 2 rings (SSSR count). The van der Waals surface area contributed by atoms with Gasteiger partial charge in [-0.25, -0.2) is 0 Å². The molecular formula is C10H7FN2O2. The van der Waals surface area contributed by atoms with Crippen molar-refractivity contribution < 1.29 is 9.31 Å². The second kappa shape index (κ2) is 3.53. The van der Waals surface area contributed by atoms with E-state index >= 15 is 0 Å². The van der Waals surface area contributed by atoms with Crippen molar-refractivity contribution in [2.75, 3.05) is 0 Å². The highest BCUT2D eigenvalue weighted by molar-refractivity contribution is 5.44. The number of nitro benzene ring substituents is 1. The Morgan fingerprint density at radius 3 is 2.53 bits per heavy atom. The average Bonchev–Trinajstić information content (AvgIpc) is 2.71. The number of benzene rings is 1. The molecule has 0 radical (unpaired) electrons. The summed E-state index contributed by atoms with van der Waals surface area (Å²) < 4.78 is 14.7. The molecule has 0 saturated heterocycles. The second-order valence-corrected chi connectivity index (χ2v) is 2.98. The molecule has 76 valence electrons. The van der Waals surface area contributed by atoms with Gasteiger partial charge in [0.25, 0.3) is 0 Å². The van der Waals surface area contributed by atoms with Crippen LogP contribution in [0.3, 0.4) is 0 Å². The summed E-state index contributed by atoms with van der Waals surface area (Å²) in [6.45, 7) is 0. The summed E-state index contributed by atoms with van der Waals surface area (Å²) in [5.74, 6) is -0.823. The molecule has 4 nitrogen and oxygen atoms in total. The van der Waals surface area contributed by atoms with E-state index in [0.29, 0.717) is 5.69 Å². The lowest BCUT2D eigenvalue weighted by molar-refractivity contribution is -0.387. The predicted octanol–water partition coefficient (Wildman–Crippen LogP) is 2.52. The van der Waals surface area contributed by atoms with Crippen LogP contribution in [0.15, 0.2) is 42.7 Å². The fourth-order valence-corrected chi connectivity index (χ4v) is 1.31. The van der Waals surface area contributed by atoms with Gasteiger partial charge in [0.15, 0.2) is 0 Å². The standard InChI is InChI=1S/C10H7FN2O2/c11-9-4-3-8(7-10(9)13(14)15)12-5-1-2-6-12/h1-7H. The number of rotatable bonds is 2. The van der Waals surface area contributed by atoms with Crippen LogP contribution in [0.4, 0.5) is 10.1 Å². The number of aromatic nitrogens is 1. The zero-order chi connectivity index (χ0) is 10.8. The van der Waals surface area contributed by atoms with Crippen molar-refractivity contribution in [2.24, 2.45) is 0 Å². The van der Waals surface area contributed by atoms with E-state index in [-0.39, 0.29) is 0 Å². The smallest absolute Gasteiger partial charge is 0.306 e. The molecule has 0 fully saturated rings. The van der Waals surface area contributed by atoms with E-state index in [1.807, 2.05) is 0 Å². The fourth-order valence-electron chi connectivity index (χ4n) is 1.31. The van der Waals surface area contributed by atoms with Gasteiger partial charge < -0.3 is 4.57 Å². The van der Waals surface area contributed by atoms with Crippen LogP contribution < -0.4 is 0 Å². The van der Waals surface area contributed by atoms with Crippen molar-refractivity contribution in [2.45, 2.75) is 0 Å². The maximum absolute atomic E-state index is 13.0. The van der Waals surface area contributed by atoms with E-state index in [4.69, 9.17) is 0 Å². The molecule has 0 aliphatic rings. The Bertz CT molecular complexity index is 494. The molecule has 0 N–H and O–H groups in total. The quantitative estimate of drug-likeness (QED) is 0.560. The summed E-state index contributed by atoms with van der Waals surface area (Å²) >= 11 is 0. The Morgan fingerprint density at radius 1 is 1.27 bits per heavy atom. The van der Waals surface area contributed by atoms with Crippen LogP contribution in [0.25, 0.3) is 5.69 Å². The largest absolute Gasteiger partial charge is 0.324 e.